The molecule has 1 aromatic carbocycles. The van der Waals surface area contributed by atoms with Gasteiger partial charge < -0.3 is 10.4 Å². The molecule has 2 fully saturated rings. The molecule has 1 aromatic rings. The summed E-state index contributed by atoms with van der Waals surface area (Å²) in [6, 6.07) is 10.7. The van der Waals surface area contributed by atoms with Crippen molar-refractivity contribution in [3.63, 3.8) is 0 Å². The summed E-state index contributed by atoms with van der Waals surface area (Å²) in [6.45, 7) is 4.02. The molecule has 1 saturated carbocycles. The van der Waals surface area contributed by atoms with Crippen LogP contribution in [0.4, 0.5) is 4.79 Å². The molecule has 0 bridgehead atoms. The van der Waals surface area contributed by atoms with Gasteiger partial charge >= 0.3 is 6.09 Å². The lowest BCUT2D eigenvalue weighted by atomic mass is 10.1. The SMILES string of the molecule is CC(c1ccccc1)N1CC2C[C@]2(NC(=O)O)C1. The van der Waals surface area contributed by atoms with Crippen molar-refractivity contribution in [3.05, 3.63) is 35.9 Å². The lowest BCUT2D eigenvalue weighted by Gasteiger charge is -2.27. The molecule has 0 radical (unpaired) electrons. The van der Waals surface area contributed by atoms with Crippen LogP contribution in [0.15, 0.2) is 30.3 Å². The van der Waals surface area contributed by atoms with Crippen molar-refractivity contribution >= 4 is 6.09 Å². The number of nitrogens with zero attached hydrogens (tertiary/aromatic N) is 1. The van der Waals surface area contributed by atoms with Crippen LogP contribution in [0.5, 0.6) is 0 Å². The van der Waals surface area contributed by atoms with Crippen LogP contribution in [0.1, 0.15) is 24.9 Å². The van der Waals surface area contributed by atoms with Crippen LogP contribution in [0.3, 0.4) is 0 Å². The van der Waals surface area contributed by atoms with Crippen LogP contribution in [0.25, 0.3) is 0 Å². The van der Waals surface area contributed by atoms with E-state index in [-0.39, 0.29) is 5.54 Å². The first-order valence-corrected chi connectivity index (χ1v) is 6.41. The summed E-state index contributed by atoms with van der Waals surface area (Å²) in [5.41, 5.74) is 1.14. The van der Waals surface area contributed by atoms with E-state index in [9.17, 15) is 4.79 Å². The average molecular weight is 246 g/mol. The van der Waals surface area contributed by atoms with Crippen LogP contribution >= 0.6 is 0 Å². The van der Waals surface area contributed by atoms with E-state index in [2.05, 4.69) is 29.3 Å². The summed E-state index contributed by atoms with van der Waals surface area (Å²) in [5.74, 6) is 0.500. The molecule has 1 aliphatic heterocycles. The summed E-state index contributed by atoms with van der Waals surface area (Å²) in [5, 5.41) is 11.6. The Labute approximate surface area is 107 Å². The van der Waals surface area contributed by atoms with Crippen LogP contribution in [0, 0.1) is 5.92 Å². The molecule has 2 unspecified atom stereocenters. The highest BCUT2D eigenvalue weighted by Crippen LogP contribution is 2.51. The lowest BCUT2D eigenvalue weighted by Crippen LogP contribution is -2.42. The standard InChI is InChI=1S/C14H18N2O2/c1-10(11-5-3-2-4-6-11)16-8-12-7-14(12,9-16)15-13(17)18/h2-6,10,12,15H,7-9H2,1H3,(H,17,18)/t10?,12?,14-/m0/s1. The monoisotopic (exact) mass is 246 g/mol. The fraction of sp³-hybridized carbons (Fsp3) is 0.500. The Balaban J connectivity index is 1.69. The van der Waals surface area contributed by atoms with E-state index in [1.807, 2.05) is 18.2 Å². The molecule has 1 saturated heterocycles. The predicted molar refractivity (Wildman–Crippen MR) is 68.4 cm³/mol. The zero-order valence-electron chi connectivity index (χ0n) is 10.5. The van der Waals surface area contributed by atoms with Gasteiger partial charge in [-0.15, -0.1) is 0 Å². The number of likely N-dealkylation sites (tertiary alicyclic amines) is 1. The highest BCUT2D eigenvalue weighted by molar-refractivity contribution is 5.67. The maximum absolute atomic E-state index is 10.8. The molecule has 0 aromatic heterocycles. The van der Waals surface area contributed by atoms with Crippen molar-refractivity contribution in [1.82, 2.24) is 10.2 Å². The quantitative estimate of drug-likeness (QED) is 0.858. The maximum atomic E-state index is 10.8. The fourth-order valence-corrected chi connectivity index (χ4v) is 3.17. The first-order chi connectivity index (χ1) is 8.61. The first kappa shape index (κ1) is 11.5. The third kappa shape index (κ3) is 1.86. The fourth-order valence-electron chi connectivity index (χ4n) is 3.17. The molecule has 18 heavy (non-hydrogen) atoms. The molecule has 1 amide bonds. The molecule has 96 valence electrons. The number of amides is 1. The molecule has 0 spiro atoms. The maximum Gasteiger partial charge on any atom is 0.405 e. The van der Waals surface area contributed by atoms with Gasteiger partial charge in [-0.2, -0.15) is 0 Å². The summed E-state index contributed by atoms with van der Waals surface area (Å²) in [6.07, 6.45) is 0.101. The molecule has 4 nitrogen and oxygen atoms in total. The second-order valence-corrected chi connectivity index (χ2v) is 5.50. The van der Waals surface area contributed by atoms with Crippen molar-refractivity contribution in [1.29, 1.82) is 0 Å². The largest absolute Gasteiger partial charge is 0.465 e. The summed E-state index contributed by atoms with van der Waals surface area (Å²) >= 11 is 0. The van der Waals surface area contributed by atoms with E-state index in [1.165, 1.54) is 5.56 Å². The molecule has 1 aliphatic carbocycles. The van der Waals surface area contributed by atoms with Gasteiger partial charge in [-0.1, -0.05) is 30.3 Å². The number of fused-ring (bicyclic) bond motifs is 1. The van der Waals surface area contributed by atoms with Gasteiger partial charge in [-0.3, -0.25) is 4.90 Å². The molecule has 2 aliphatic rings. The number of benzene rings is 1. The molecular weight excluding hydrogens is 228 g/mol. The molecule has 1 heterocycles. The average Bonchev–Trinajstić information content (AvgIpc) is 2.89. The predicted octanol–water partition coefficient (Wildman–Crippen LogP) is 2.09. The number of hydrogen-bond acceptors (Lipinski definition) is 2. The van der Waals surface area contributed by atoms with Gasteiger partial charge in [0.2, 0.25) is 0 Å². The number of carbonyl (C=O) groups is 1. The lowest BCUT2D eigenvalue weighted by molar-refractivity contribution is 0.181. The van der Waals surface area contributed by atoms with E-state index in [4.69, 9.17) is 5.11 Å². The second-order valence-electron chi connectivity index (χ2n) is 5.50. The Kier molecular flexibility index (Phi) is 2.55. The van der Waals surface area contributed by atoms with Gasteiger partial charge in [0, 0.05) is 19.1 Å². The number of carboxylic acid groups (broad SMARTS) is 1. The number of nitrogens with one attached hydrogen (secondary N) is 1. The zero-order chi connectivity index (χ0) is 12.8. The van der Waals surface area contributed by atoms with Crippen LogP contribution in [-0.4, -0.2) is 34.7 Å². The van der Waals surface area contributed by atoms with Crippen LogP contribution in [-0.2, 0) is 0 Å². The number of piperidine rings is 1. The normalized spacial score (nSPS) is 31.7. The molecule has 3 atom stereocenters. The Bertz CT molecular complexity index is 462. The highest BCUT2D eigenvalue weighted by atomic mass is 16.4. The minimum Gasteiger partial charge on any atom is -0.465 e. The van der Waals surface area contributed by atoms with Crippen molar-refractivity contribution in [2.45, 2.75) is 24.9 Å². The molecule has 2 N–H and O–H groups in total. The molecule has 4 heteroatoms. The van der Waals surface area contributed by atoms with Gasteiger partial charge in [-0.25, -0.2) is 4.79 Å². The second kappa shape index (κ2) is 3.99. The Morgan fingerprint density at radius 2 is 2.22 bits per heavy atom. The van der Waals surface area contributed by atoms with Crippen molar-refractivity contribution in [2.75, 3.05) is 13.1 Å². The van der Waals surface area contributed by atoms with E-state index in [0.717, 1.165) is 19.5 Å². The Hall–Kier alpha value is -1.55. The third-order valence-corrected chi connectivity index (χ3v) is 4.36. The van der Waals surface area contributed by atoms with Crippen molar-refractivity contribution in [2.24, 2.45) is 5.92 Å². The topological polar surface area (TPSA) is 52.6 Å². The van der Waals surface area contributed by atoms with Crippen LogP contribution < -0.4 is 5.32 Å². The van der Waals surface area contributed by atoms with Gasteiger partial charge in [-0.05, 0) is 24.8 Å². The highest BCUT2D eigenvalue weighted by Gasteiger charge is 2.61. The summed E-state index contributed by atoms with van der Waals surface area (Å²) in [7, 11) is 0. The summed E-state index contributed by atoms with van der Waals surface area (Å²) < 4.78 is 0. The van der Waals surface area contributed by atoms with E-state index in [0.29, 0.717) is 12.0 Å². The Morgan fingerprint density at radius 3 is 2.89 bits per heavy atom. The van der Waals surface area contributed by atoms with E-state index >= 15 is 0 Å². The summed E-state index contributed by atoms with van der Waals surface area (Å²) in [4.78, 5) is 13.2. The van der Waals surface area contributed by atoms with E-state index in [1.54, 1.807) is 0 Å². The van der Waals surface area contributed by atoms with Gasteiger partial charge in [0.25, 0.3) is 0 Å². The van der Waals surface area contributed by atoms with Gasteiger partial charge in [0.05, 0.1) is 5.54 Å². The van der Waals surface area contributed by atoms with Crippen molar-refractivity contribution in [3.8, 4) is 0 Å². The molecular formula is C14H18N2O2. The van der Waals surface area contributed by atoms with Crippen LogP contribution in [0.2, 0.25) is 0 Å². The zero-order valence-corrected chi connectivity index (χ0v) is 10.5. The van der Waals surface area contributed by atoms with Crippen molar-refractivity contribution < 1.29 is 9.90 Å². The minimum atomic E-state index is -0.897. The first-order valence-electron chi connectivity index (χ1n) is 6.41. The number of rotatable bonds is 3. The van der Waals surface area contributed by atoms with Gasteiger partial charge in [0.1, 0.15) is 0 Å². The Morgan fingerprint density at radius 1 is 1.50 bits per heavy atom. The third-order valence-electron chi connectivity index (χ3n) is 4.36. The smallest absolute Gasteiger partial charge is 0.405 e. The minimum absolute atomic E-state index is 0.158. The van der Waals surface area contributed by atoms with E-state index < -0.39 is 6.09 Å². The molecule has 3 rings (SSSR count). The number of hydrogen-bond donors (Lipinski definition) is 2. The van der Waals surface area contributed by atoms with Gasteiger partial charge in [0.15, 0.2) is 0 Å².